The van der Waals surface area contributed by atoms with Crippen LogP contribution in [0.4, 0.5) is 5.69 Å². The third kappa shape index (κ3) is 3.85. The summed E-state index contributed by atoms with van der Waals surface area (Å²) in [7, 11) is 0. The molecule has 5 heteroatoms. The Hall–Kier alpha value is -2.33. The van der Waals surface area contributed by atoms with Gasteiger partial charge in [-0.25, -0.2) is 0 Å². The van der Waals surface area contributed by atoms with Gasteiger partial charge in [0.15, 0.2) is 0 Å². The molecule has 2 amide bonds. The van der Waals surface area contributed by atoms with Crippen LogP contribution in [0.2, 0.25) is 5.02 Å². The average molecular weight is 357 g/mol. The molecule has 0 aromatic heterocycles. The summed E-state index contributed by atoms with van der Waals surface area (Å²) in [4.78, 5) is 26.7. The Morgan fingerprint density at radius 1 is 1.20 bits per heavy atom. The second-order valence-corrected chi connectivity index (χ2v) is 6.57. The number of amides is 2. The minimum atomic E-state index is -0.631. The number of benzene rings is 2. The summed E-state index contributed by atoms with van der Waals surface area (Å²) in [6.07, 6.45) is 1.49. The van der Waals surface area contributed by atoms with Gasteiger partial charge in [0.1, 0.15) is 5.92 Å². The molecule has 2 aromatic rings. The van der Waals surface area contributed by atoms with Crippen LogP contribution in [-0.4, -0.2) is 18.4 Å². The van der Waals surface area contributed by atoms with Crippen LogP contribution in [0.5, 0.6) is 0 Å². The zero-order valence-electron chi connectivity index (χ0n) is 14.2. The van der Waals surface area contributed by atoms with Crippen LogP contribution in [0.25, 0.3) is 0 Å². The van der Waals surface area contributed by atoms with Crippen molar-refractivity contribution in [3.63, 3.8) is 0 Å². The van der Waals surface area contributed by atoms with Crippen molar-refractivity contribution in [3.05, 3.63) is 64.7 Å². The predicted octanol–water partition coefficient (Wildman–Crippen LogP) is 3.57. The first-order valence-corrected chi connectivity index (χ1v) is 8.89. The number of hydrogen-bond acceptors (Lipinski definition) is 2. The van der Waals surface area contributed by atoms with E-state index in [0.29, 0.717) is 24.5 Å². The van der Waals surface area contributed by atoms with Crippen molar-refractivity contribution in [1.29, 1.82) is 0 Å². The number of carbonyl (C=O) groups excluding carboxylic acids is 2. The lowest BCUT2D eigenvalue weighted by Gasteiger charge is -2.17. The minimum absolute atomic E-state index is 0.138. The Kier molecular flexibility index (Phi) is 5.39. The number of nitrogens with one attached hydrogen (secondary N) is 1. The number of nitrogens with zero attached hydrogens (tertiary/aromatic N) is 1. The van der Waals surface area contributed by atoms with Gasteiger partial charge < -0.3 is 10.2 Å². The molecule has 1 aliphatic heterocycles. The van der Waals surface area contributed by atoms with E-state index in [9.17, 15) is 9.59 Å². The van der Waals surface area contributed by atoms with Crippen molar-refractivity contribution < 1.29 is 9.59 Å². The summed E-state index contributed by atoms with van der Waals surface area (Å²) in [5, 5.41) is 3.44. The fraction of sp³-hybridized carbons (Fsp3) is 0.300. The second kappa shape index (κ2) is 7.70. The van der Waals surface area contributed by atoms with E-state index in [2.05, 4.69) is 12.2 Å². The highest BCUT2D eigenvalue weighted by Crippen LogP contribution is 2.26. The van der Waals surface area contributed by atoms with E-state index in [-0.39, 0.29) is 11.8 Å². The van der Waals surface area contributed by atoms with Gasteiger partial charge in [0, 0.05) is 23.8 Å². The molecule has 3 rings (SSSR count). The Bertz CT molecular complexity index is 774. The van der Waals surface area contributed by atoms with Crippen LogP contribution in [0, 0.1) is 5.92 Å². The molecule has 0 aliphatic carbocycles. The lowest BCUT2D eigenvalue weighted by molar-refractivity contribution is -0.132. The van der Waals surface area contributed by atoms with Crippen LogP contribution in [0.15, 0.2) is 48.5 Å². The summed E-state index contributed by atoms with van der Waals surface area (Å²) in [5.74, 6) is -1.01. The number of hydrogen-bond donors (Lipinski definition) is 1. The summed E-state index contributed by atoms with van der Waals surface area (Å²) in [6.45, 7) is 2.98. The van der Waals surface area contributed by atoms with Crippen LogP contribution in [0.3, 0.4) is 0 Å². The van der Waals surface area contributed by atoms with Crippen molar-refractivity contribution in [2.24, 2.45) is 5.92 Å². The van der Waals surface area contributed by atoms with Gasteiger partial charge in [0.05, 0.1) is 0 Å². The van der Waals surface area contributed by atoms with Crippen molar-refractivity contribution in [2.75, 3.05) is 11.4 Å². The van der Waals surface area contributed by atoms with Gasteiger partial charge >= 0.3 is 0 Å². The smallest absolute Gasteiger partial charge is 0.239 e. The van der Waals surface area contributed by atoms with Crippen molar-refractivity contribution in [2.45, 2.75) is 26.3 Å². The maximum Gasteiger partial charge on any atom is 0.239 e. The molecular formula is C20H21ClN2O2. The van der Waals surface area contributed by atoms with Gasteiger partial charge in [-0.15, -0.1) is 0 Å². The van der Waals surface area contributed by atoms with E-state index in [1.54, 1.807) is 11.0 Å². The van der Waals surface area contributed by atoms with Crippen LogP contribution >= 0.6 is 11.6 Å². The first-order valence-electron chi connectivity index (χ1n) is 8.51. The molecule has 0 saturated carbocycles. The molecule has 1 heterocycles. The van der Waals surface area contributed by atoms with Crippen LogP contribution in [-0.2, 0) is 22.6 Å². The van der Waals surface area contributed by atoms with Gasteiger partial charge in [0.25, 0.3) is 0 Å². The molecule has 1 aliphatic rings. The Morgan fingerprint density at radius 2 is 1.92 bits per heavy atom. The maximum absolute atomic E-state index is 12.6. The standard InChI is InChI=1S/C20H21ClN2O2/c1-2-14-7-9-16(10-8-14)23-12-11-17(20(23)25)19(24)22-13-15-5-3-4-6-18(15)21/h3-10,17H,2,11-13H2,1H3,(H,22,24)/t17-/m0/s1. The van der Waals surface area contributed by atoms with E-state index in [1.807, 2.05) is 42.5 Å². The molecule has 1 N–H and O–H groups in total. The van der Waals surface area contributed by atoms with Gasteiger partial charge in [-0.2, -0.15) is 0 Å². The summed E-state index contributed by atoms with van der Waals surface area (Å²) < 4.78 is 0. The molecule has 0 spiro atoms. The fourth-order valence-electron chi connectivity index (χ4n) is 3.04. The highest BCUT2D eigenvalue weighted by atomic mass is 35.5. The molecule has 0 unspecified atom stereocenters. The molecule has 1 atom stereocenters. The fourth-order valence-corrected chi connectivity index (χ4v) is 3.24. The van der Waals surface area contributed by atoms with Crippen molar-refractivity contribution >= 4 is 29.1 Å². The Morgan fingerprint density at radius 3 is 2.60 bits per heavy atom. The maximum atomic E-state index is 12.6. The lowest BCUT2D eigenvalue weighted by Crippen LogP contribution is -2.36. The topological polar surface area (TPSA) is 49.4 Å². The van der Waals surface area contributed by atoms with E-state index in [0.717, 1.165) is 17.7 Å². The molecule has 0 radical (unpaired) electrons. The van der Waals surface area contributed by atoms with E-state index in [4.69, 9.17) is 11.6 Å². The Balaban J connectivity index is 1.62. The Labute approximate surface area is 152 Å². The summed E-state index contributed by atoms with van der Waals surface area (Å²) >= 11 is 6.10. The van der Waals surface area contributed by atoms with E-state index < -0.39 is 5.92 Å². The summed E-state index contributed by atoms with van der Waals surface area (Å²) in [6, 6.07) is 15.3. The zero-order valence-corrected chi connectivity index (χ0v) is 14.9. The van der Waals surface area contributed by atoms with E-state index in [1.165, 1.54) is 5.56 Å². The first-order chi connectivity index (χ1) is 12.1. The number of aryl methyl sites for hydroxylation is 1. The number of halogens is 1. The molecule has 25 heavy (non-hydrogen) atoms. The van der Waals surface area contributed by atoms with Gasteiger partial charge in [-0.1, -0.05) is 48.9 Å². The molecule has 130 valence electrons. The molecule has 4 nitrogen and oxygen atoms in total. The monoisotopic (exact) mass is 356 g/mol. The average Bonchev–Trinajstić information content (AvgIpc) is 3.02. The van der Waals surface area contributed by atoms with Crippen LogP contribution < -0.4 is 10.2 Å². The lowest BCUT2D eigenvalue weighted by atomic mass is 10.1. The molecule has 1 fully saturated rings. The highest BCUT2D eigenvalue weighted by Gasteiger charge is 2.37. The van der Waals surface area contributed by atoms with Gasteiger partial charge in [0.2, 0.25) is 11.8 Å². The predicted molar refractivity (Wildman–Crippen MR) is 99.6 cm³/mol. The van der Waals surface area contributed by atoms with Gasteiger partial charge in [-0.05, 0) is 42.2 Å². The van der Waals surface area contributed by atoms with E-state index >= 15 is 0 Å². The third-order valence-electron chi connectivity index (χ3n) is 4.59. The zero-order chi connectivity index (χ0) is 17.8. The summed E-state index contributed by atoms with van der Waals surface area (Å²) in [5.41, 5.74) is 2.92. The highest BCUT2D eigenvalue weighted by molar-refractivity contribution is 6.31. The first kappa shape index (κ1) is 17.5. The number of rotatable bonds is 5. The number of carbonyl (C=O) groups is 2. The quantitative estimate of drug-likeness (QED) is 0.832. The van der Waals surface area contributed by atoms with Crippen LogP contribution in [0.1, 0.15) is 24.5 Å². The van der Waals surface area contributed by atoms with Crippen molar-refractivity contribution in [3.8, 4) is 0 Å². The largest absolute Gasteiger partial charge is 0.351 e. The molecule has 1 saturated heterocycles. The SMILES string of the molecule is CCc1ccc(N2CC[C@@H](C(=O)NCc3ccccc3Cl)C2=O)cc1. The minimum Gasteiger partial charge on any atom is -0.351 e. The number of anilines is 1. The second-order valence-electron chi connectivity index (χ2n) is 6.16. The molecular weight excluding hydrogens is 336 g/mol. The van der Waals surface area contributed by atoms with Crippen molar-refractivity contribution in [1.82, 2.24) is 5.32 Å². The van der Waals surface area contributed by atoms with Gasteiger partial charge in [-0.3, -0.25) is 9.59 Å². The third-order valence-corrected chi connectivity index (χ3v) is 4.96. The molecule has 0 bridgehead atoms. The molecule has 2 aromatic carbocycles. The normalized spacial score (nSPS) is 17.0.